The van der Waals surface area contributed by atoms with Gasteiger partial charge in [-0.2, -0.15) is 0 Å². The SMILES string of the molecule is Oc1c(CN2CCCC2)cc(Nc2c3ccc(Cl)cc3nc3ccc(Cl)cc23)cc1CN1CCCC1. The first-order valence-corrected chi connectivity index (χ1v) is 13.5. The lowest BCUT2D eigenvalue weighted by atomic mass is 10.0. The third-order valence-electron chi connectivity index (χ3n) is 7.42. The number of nitrogens with one attached hydrogen (secondary N) is 1. The molecule has 36 heavy (non-hydrogen) atoms. The minimum absolute atomic E-state index is 0.429. The maximum atomic E-state index is 11.3. The molecule has 0 radical (unpaired) electrons. The molecule has 0 spiro atoms. The normalized spacial score (nSPS) is 16.9. The van der Waals surface area contributed by atoms with E-state index in [4.69, 9.17) is 28.2 Å². The van der Waals surface area contributed by atoms with E-state index in [0.717, 1.165) is 83.6 Å². The standard InChI is InChI=1S/C29H30Cl2N4O/c30-21-6-8-26-25(15-21)28(24-7-5-22(31)16-27(24)33-26)32-23-13-19(17-34-9-1-2-10-34)29(36)20(14-23)18-35-11-3-4-12-35/h5-8,13-16,36H,1-4,9-12,17-18H2,(H,32,33). The molecule has 2 fully saturated rings. The van der Waals surface area contributed by atoms with Crippen molar-refractivity contribution in [2.45, 2.75) is 38.8 Å². The van der Waals surface area contributed by atoms with Gasteiger partial charge in [0.15, 0.2) is 0 Å². The quantitative estimate of drug-likeness (QED) is 0.206. The molecule has 3 heterocycles. The Morgan fingerprint density at radius 3 is 1.94 bits per heavy atom. The zero-order valence-corrected chi connectivity index (χ0v) is 21.7. The Morgan fingerprint density at radius 2 is 1.31 bits per heavy atom. The molecule has 2 saturated heterocycles. The number of halogens is 2. The number of fused-ring (bicyclic) bond motifs is 2. The lowest BCUT2D eigenvalue weighted by molar-refractivity contribution is 0.312. The monoisotopic (exact) mass is 520 g/mol. The van der Waals surface area contributed by atoms with Crippen LogP contribution in [0.1, 0.15) is 36.8 Å². The van der Waals surface area contributed by atoms with Crippen LogP contribution in [0.4, 0.5) is 11.4 Å². The summed E-state index contributed by atoms with van der Waals surface area (Å²) in [5, 5.41) is 18.2. The summed E-state index contributed by atoms with van der Waals surface area (Å²) in [5.74, 6) is 0.429. The molecule has 2 aliphatic rings. The van der Waals surface area contributed by atoms with Gasteiger partial charge in [0.05, 0.1) is 16.7 Å². The number of hydrogen-bond donors (Lipinski definition) is 2. The molecule has 3 aromatic carbocycles. The Labute approximate surface area is 221 Å². The maximum Gasteiger partial charge on any atom is 0.124 e. The zero-order valence-electron chi connectivity index (χ0n) is 20.2. The molecule has 6 rings (SSSR count). The van der Waals surface area contributed by atoms with Crippen molar-refractivity contribution in [3.8, 4) is 5.75 Å². The number of benzene rings is 3. The molecule has 0 saturated carbocycles. The van der Waals surface area contributed by atoms with Gasteiger partial charge >= 0.3 is 0 Å². The maximum absolute atomic E-state index is 11.3. The Bertz CT molecular complexity index is 1390. The van der Waals surface area contributed by atoms with Crippen LogP contribution in [0.15, 0.2) is 48.5 Å². The number of pyridine rings is 1. The average molecular weight is 521 g/mol. The van der Waals surface area contributed by atoms with Crippen LogP contribution in [0.2, 0.25) is 10.0 Å². The first-order chi connectivity index (χ1) is 17.5. The van der Waals surface area contributed by atoms with Gasteiger partial charge in [-0.3, -0.25) is 9.80 Å². The molecule has 5 nitrogen and oxygen atoms in total. The average Bonchev–Trinajstić information content (AvgIpc) is 3.56. The Morgan fingerprint density at radius 1 is 0.722 bits per heavy atom. The van der Waals surface area contributed by atoms with Crippen LogP contribution in [0.3, 0.4) is 0 Å². The summed E-state index contributed by atoms with van der Waals surface area (Å²) < 4.78 is 0. The van der Waals surface area contributed by atoms with Gasteiger partial charge in [0.1, 0.15) is 5.75 Å². The fourth-order valence-corrected chi connectivity index (χ4v) is 5.94. The molecule has 0 atom stereocenters. The van der Waals surface area contributed by atoms with Crippen LogP contribution in [0, 0.1) is 0 Å². The number of likely N-dealkylation sites (tertiary alicyclic amines) is 2. The van der Waals surface area contributed by atoms with Crippen LogP contribution in [0.5, 0.6) is 5.75 Å². The van der Waals surface area contributed by atoms with Crippen molar-refractivity contribution < 1.29 is 5.11 Å². The largest absolute Gasteiger partial charge is 0.507 e. The summed E-state index contributed by atoms with van der Waals surface area (Å²) in [4.78, 5) is 9.69. The van der Waals surface area contributed by atoms with E-state index >= 15 is 0 Å². The molecule has 1 aromatic heterocycles. The Hall–Kier alpha value is -2.57. The summed E-state index contributed by atoms with van der Waals surface area (Å²) in [6.45, 7) is 5.84. The Kier molecular flexibility index (Phi) is 6.65. The van der Waals surface area contributed by atoms with Crippen LogP contribution < -0.4 is 5.32 Å². The topological polar surface area (TPSA) is 51.6 Å². The smallest absolute Gasteiger partial charge is 0.124 e. The van der Waals surface area contributed by atoms with E-state index in [2.05, 4.69) is 27.2 Å². The van der Waals surface area contributed by atoms with E-state index in [1.165, 1.54) is 25.7 Å². The lowest BCUT2D eigenvalue weighted by Gasteiger charge is -2.22. The highest BCUT2D eigenvalue weighted by atomic mass is 35.5. The predicted molar refractivity (Wildman–Crippen MR) is 150 cm³/mol. The van der Waals surface area contributed by atoms with Gasteiger partial charge < -0.3 is 10.4 Å². The molecule has 4 aromatic rings. The number of aromatic nitrogens is 1. The predicted octanol–water partition coefficient (Wildman–Crippen LogP) is 7.34. The minimum atomic E-state index is 0.429. The number of phenolic OH excluding ortho intramolecular Hbond substituents is 1. The second-order valence-electron chi connectivity index (χ2n) is 10.0. The highest BCUT2D eigenvalue weighted by Crippen LogP contribution is 2.38. The molecule has 0 aliphatic carbocycles. The van der Waals surface area contributed by atoms with Gasteiger partial charge in [-0.05, 0) is 100 Å². The molecule has 186 valence electrons. The van der Waals surface area contributed by atoms with Crippen molar-refractivity contribution in [2.24, 2.45) is 0 Å². The molecule has 2 aliphatic heterocycles. The Balaban J connectivity index is 1.46. The van der Waals surface area contributed by atoms with E-state index in [1.54, 1.807) is 0 Å². The molecule has 2 N–H and O–H groups in total. The van der Waals surface area contributed by atoms with E-state index < -0.39 is 0 Å². The zero-order chi connectivity index (χ0) is 24.6. The lowest BCUT2D eigenvalue weighted by Crippen LogP contribution is -2.20. The van der Waals surface area contributed by atoms with Crippen LogP contribution in [0.25, 0.3) is 21.8 Å². The van der Waals surface area contributed by atoms with Crippen molar-refractivity contribution >= 4 is 56.4 Å². The number of aromatic hydroxyl groups is 1. The second-order valence-corrected chi connectivity index (χ2v) is 10.9. The second kappa shape index (κ2) is 10.1. The van der Waals surface area contributed by atoms with Crippen molar-refractivity contribution in [1.29, 1.82) is 0 Å². The number of phenols is 1. The van der Waals surface area contributed by atoms with Crippen LogP contribution in [-0.2, 0) is 13.1 Å². The highest BCUT2D eigenvalue weighted by Gasteiger charge is 2.20. The van der Waals surface area contributed by atoms with Gasteiger partial charge in [-0.25, -0.2) is 4.98 Å². The summed E-state index contributed by atoms with van der Waals surface area (Å²) in [6.07, 6.45) is 4.88. The summed E-state index contributed by atoms with van der Waals surface area (Å²) in [7, 11) is 0. The summed E-state index contributed by atoms with van der Waals surface area (Å²) in [5.41, 5.74) is 5.52. The first kappa shape index (κ1) is 23.8. The molecule has 0 bridgehead atoms. The highest BCUT2D eigenvalue weighted by molar-refractivity contribution is 6.32. The van der Waals surface area contributed by atoms with Gasteiger partial charge in [-0.1, -0.05) is 23.2 Å². The van der Waals surface area contributed by atoms with Crippen LogP contribution in [-0.4, -0.2) is 46.1 Å². The molecular formula is C29H30Cl2N4O. The van der Waals surface area contributed by atoms with E-state index in [-0.39, 0.29) is 0 Å². The van der Waals surface area contributed by atoms with Gasteiger partial charge in [0.25, 0.3) is 0 Å². The van der Waals surface area contributed by atoms with E-state index in [1.807, 2.05) is 36.4 Å². The van der Waals surface area contributed by atoms with Gasteiger partial charge in [0.2, 0.25) is 0 Å². The minimum Gasteiger partial charge on any atom is -0.507 e. The number of anilines is 2. The first-order valence-electron chi connectivity index (χ1n) is 12.8. The van der Waals surface area contributed by atoms with E-state index in [9.17, 15) is 5.11 Å². The third-order valence-corrected chi connectivity index (χ3v) is 7.89. The van der Waals surface area contributed by atoms with Crippen molar-refractivity contribution in [2.75, 3.05) is 31.5 Å². The number of rotatable bonds is 6. The van der Waals surface area contributed by atoms with Crippen molar-refractivity contribution in [3.05, 3.63) is 69.7 Å². The molecule has 0 amide bonds. The van der Waals surface area contributed by atoms with Crippen molar-refractivity contribution in [3.63, 3.8) is 0 Å². The van der Waals surface area contributed by atoms with Gasteiger partial charge in [0, 0.05) is 50.7 Å². The van der Waals surface area contributed by atoms with Crippen LogP contribution >= 0.6 is 23.2 Å². The van der Waals surface area contributed by atoms with Crippen molar-refractivity contribution in [1.82, 2.24) is 14.8 Å². The molecule has 0 unspecified atom stereocenters. The molecule has 7 heteroatoms. The van der Waals surface area contributed by atoms with E-state index in [0.29, 0.717) is 15.8 Å². The summed E-state index contributed by atoms with van der Waals surface area (Å²) >= 11 is 12.7. The number of hydrogen-bond acceptors (Lipinski definition) is 5. The van der Waals surface area contributed by atoms with Gasteiger partial charge in [-0.15, -0.1) is 0 Å². The summed E-state index contributed by atoms with van der Waals surface area (Å²) in [6, 6.07) is 15.7. The fraction of sp³-hybridized carbons (Fsp3) is 0.345. The number of nitrogens with zero attached hydrogens (tertiary/aromatic N) is 3. The third kappa shape index (κ3) is 4.85. The molecular weight excluding hydrogens is 491 g/mol. The fourth-order valence-electron chi connectivity index (χ4n) is 5.61.